The minimum Gasteiger partial charge on any atom is -0.497 e. The fraction of sp³-hybridized carbons (Fsp3) is 0.0556. The lowest BCUT2D eigenvalue weighted by Crippen LogP contribution is -2.02. The summed E-state index contributed by atoms with van der Waals surface area (Å²) >= 11 is 1.29. The van der Waals surface area contributed by atoms with Crippen LogP contribution in [0.2, 0.25) is 0 Å². The van der Waals surface area contributed by atoms with Crippen molar-refractivity contribution in [1.29, 1.82) is 0 Å². The summed E-state index contributed by atoms with van der Waals surface area (Å²) in [4.78, 5) is 12.2. The van der Waals surface area contributed by atoms with Crippen LogP contribution in [-0.2, 0) is 0 Å². The third kappa shape index (κ3) is 3.09. The number of fused-ring (bicyclic) bond motifs is 1. The van der Waals surface area contributed by atoms with Gasteiger partial charge in [0, 0.05) is 11.1 Å². The number of hydrogen-bond acceptors (Lipinski definition) is 7. The zero-order valence-corrected chi connectivity index (χ0v) is 14.0. The summed E-state index contributed by atoms with van der Waals surface area (Å²) in [6, 6.07) is 16.6. The molecule has 0 spiro atoms. The van der Waals surface area contributed by atoms with Crippen LogP contribution in [0.25, 0.3) is 21.5 Å². The fourth-order valence-electron chi connectivity index (χ4n) is 2.39. The first kappa shape index (κ1) is 15.3. The van der Waals surface area contributed by atoms with Gasteiger partial charge in [0.15, 0.2) is 5.01 Å². The Kier molecular flexibility index (Phi) is 3.91. The SMILES string of the molecule is COc1ccc(Nc2nnc(-c3cc4ccccc4oc3=O)s2)cc1. The third-order valence-corrected chi connectivity index (χ3v) is 4.51. The number of benzene rings is 2. The average Bonchev–Trinajstić information content (AvgIpc) is 3.10. The van der Waals surface area contributed by atoms with Crippen LogP contribution in [0, 0.1) is 0 Å². The van der Waals surface area contributed by atoms with Gasteiger partial charge >= 0.3 is 5.63 Å². The van der Waals surface area contributed by atoms with Crippen LogP contribution in [-0.4, -0.2) is 17.3 Å². The first-order valence-electron chi connectivity index (χ1n) is 7.51. The molecule has 6 nitrogen and oxygen atoms in total. The smallest absolute Gasteiger partial charge is 0.346 e. The van der Waals surface area contributed by atoms with Gasteiger partial charge in [0.1, 0.15) is 11.3 Å². The highest BCUT2D eigenvalue weighted by atomic mass is 32.1. The van der Waals surface area contributed by atoms with Crippen molar-refractivity contribution in [2.75, 3.05) is 12.4 Å². The molecule has 0 unspecified atom stereocenters. The maximum absolute atomic E-state index is 12.2. The molecule has 0 saturated carbocycles. The van der Waals surface area contributed by atoms with Crippen LogP contribution in [0.1, 0.15) is 0 Å². The Morgan fingerprint density at radius 2 is 1.88 bits per heavy atom. The monoisotopic (exact) mass is 351 g/mol. The van der Waals surface area contributed by atoms with Crippen LogP contribution in [0.3, 0.4) is 0 Å². The summed E-state index contributed by atoms with van der Waals surface area (Å²) in [5, 5.41) is 13.3. The molecule has 0 amide bonds. The highest BCUT2D eigenvalue weighted by Crippen LogP contribution is 2.28. The van der Waals surface area contributed by atoms with Gasteiger partial charge in [0.2, 0.25) is 5.13 Å². The second-order valence-electron chi connectivity index (χ2n) is 5.25. The van der Waals surface area contributed by atoms with E-state index in [2.05, 4.69) is 15.5 Å². The molecule has 4 aromatic rings. The zero-order valence-electron chi connectivity index (χ0n) is 13.2. The second kappa shape index (κ2) is 6.37. The van der Waals surface area contributed by atoms with Crippen molar-refractivity contribution in [3.8, 4) is 16.3 Å². The van der Waals surface area contributed by atoms with E-state index >= 15 is 0 Å². The van der Waals surface area contributed by atoms with Gasteiger partial charge in [-0.1, -0.05) is 29.5 Å². The van der Waals surface area contributed by atoms with Crippen LogP contribution in [0.15, 0.2) is 63.8 Å². The van der Waals surface area contributed by atoms with E-state index in [0.29, 0.717) is 21.3 Å². The summed E-state index contributed by atoms with van der Waals surface area (Å²) in [7, 11) is 1.62. The van der Waals surface area contributed by atoms with Gasteiger partial charge in [0.05, 0.1) is 12.7 Å². The molecule has 0 bridgehead atoms. The molecule has 2 heterocycles. The van der Waals surface area contributed by atoms with Crippen molar-refractivity contribution in [3.05, 3.63) is 65.0 Å². The summed E-state index contributed by atoms with van der Waals surface area (Å²) < 4.78 is 10.5. The molecule has 0 aliphatic rings. The lowest BCUT2D eigenvalue weighted by molar-refractivity contribution is 0.415. The number of methoxy groups -OCH3 is 1. The standard InChI is InChI=1S/C18H13N3O3S/c1-23-13-8-6-12(7-9-13)19-18-21-20-16(25-18)14-10-11-4-2-3-5-15(11)24-17(14)22/h2-10H,1H3,(H,19,21). The van der Waals surface area contributed by atoms with Gasteiger partial charge in [-0.3, -0.25) is 0 Å². The summed E-state index contributed by atoms with van der Waals surface area (Å²) in [6.45, 7) is 0. The summed E-state index contributed by atoms with van der Waals surface area (Å²) in [5.74, 6) is 0.775. The van der Waals surface area contributed by atoms with E-state index < -0.39 is 5.63 Å². The van der Waals surface area contributed by atoms with Crippen molar-refractivity contribution in [1.82, 2.24) is 10.2 Å². The molecule has 124 valence electrons. The fourth-order valence-corrected chi connectivity index (χ4v) is 3.16. The Labute approximate surface area is 146 Å². The predicted octanol–water partition coefficient (Wildman–Crippen LogP) is 4.06. The highest BCUT2D eigenvalue weighted by molar-refractivity contribution is 7.18. The Hall–Kier alpha value is -3.19. The largest absolute Gasteiger partial charge is 0.497 e. The van der Waals surface area contributed by atoms with Crippen molar-refractivity contribution >= 4 is 33.1 Å². The highest BCUT2D eigenvalue weighted by Gasteiger charge is 2.13. The zero-order chi connectivity index (χ0) is 17.2. The Balaban J connectivity index is 1.64. The maximum Gasteiger partial charge on any atom is 0.346 e. The molecule has 7 heteroatoms. The quantitative estimate of drug-likeness (QED) is 0.559. The topological polar surface area (TPSA) is 77.2 Å². The molecule has 25 heavy (non-hydrogen) atoms. The van der Waals surface area contributed by atoms with E-state index in [4.69, 9.17) is 9.15 Å². The molecule has 0 atom stereocenters. The number of nitrogens with one attached hydrogen (secondary N) is 1. The number of para-hydroxylation sites is 1. The molecule has 1 N–H and O–H groups in total. The van der Waals surface area contributed by atoms with E-state index in [-0.39, 0.29) is 0 Å². The molecule has 0 aliphatic carbocycles. The Morgan fingerprint density at radius 1 is 1.08 bits per heavy atom. The van der Waals surface area contributed by atoms with Crippen molar-refractivity contribution in [2.45, 2.75) is 0 Å². The molecule has 0 radical (unpaired) electrons. The minimum absolute atomic E-state index is 0.402. The first-order valence-corrected chi connectivity index (χ1v) is 8.32. The van der Waals surface area contributed by atoms with Crippen molar-refractivity contribution in [2.24, 2.45) is 0 Å². The molecule has 0 saturated heterocycles. The van der Waals surface area contributed by atoms with Crippen LogP contribution in [0.5, 0.6) is 5.75 Å². The van der Waals surface area contributed by atoms with Crippen LogP contribution >= 0.6 is 11.3 Å². The normalized spacial score (nSPS) is 10.8. The predicted molar refractivity (Wildman–Crippen MR) is 97.7 cm³/mol. The van der Waals surface area contributed by atoms with E-state index in [1.165, 1.54) is 11.3 Å². The number of nitrogens with zero attached hydrogens (tertiary/aromatic N) is 2. The molecule has 0 aliphatic heterocycles. The van der Waals surface area contributed by atoms with Gasteiger partial charge in [0.25, 0.3) is 0 Å². The lowest BCUT2D eigenvalue weighted by Gasteiger charge is -2.03. The summed E-state index contributed by atoms with van der Waals surface area (Å²) in [6.07, 6.45) is 0. The molecular formula is C18H13N3O3S. The van der Waals surface area contributed by atoms with Gasteiger partial charge in [-0.25, -0.2) is 4.79 Å². The van der Waals surface area contributed by atoms with E-state index in [1.807, 2.05) is 42.5 Å². The van der Waals surface area contributed by atoms with Crippen LogP contribution in [0.4, 0.5) is 10.8 Å². The first-order chi connectivity index (χ1) is 12.2. The number of rotatable bonds is 4. The molecule has 0 fully saturated rings. The second-order valence-corrected chi connectivity index (χ2v) is 6.23. The van der Waals surface area contributed by atoms with Gasteiger partial charge in [-0.2, -0.15) is 0 Å². The number of anilines is 2. The molecule has 2 aromatic carbocycles. The lowest BCUT2D eigenvalue weighted by atomic mass is 10.2. The van der Waals surface area contributed by atoms with E-state index in [1.54, 1.807) is 19.2 Å². The summed E-state index contributed by atoms with van der Waals surface area (Å²) in [5.41, 5.74) is 1.39. The number of hydrogen-bond donors (Lipinski definition) is 1. The maximum atomic E-state index is 12.2. The average molecular weight is 351 g/mol. The molecular weight excluding hydrogens is 338 g/mol. The van der Waals surface area contributed by atoms with Gasteiger partial charge < -0.3 is 14.5 Å². The Morgan fingerprint density at radius 3 is 2.68 bits per heavy atom. The van der Waals surface area contributed by atoms with E-state index in [9.17, 15) is 4.79 Å². The number of aromatic nitrogens is 2. The molecule has 4 rings (SSSR count). The van der Waals surface area contributed by atoms with Gasteiger partial charge in [-0.15, -0.1) is 10.2 Å². The minimum atomic E-state index is -0.425. The molecule has 2 aromatic heterocycles. The Bertz CT molecular complexity index is 1090. The van der Waals surface area contributed by atoms with Gasteiger partial charge in [-0.05, 0) is 36.4 Å². The van der Waals surface area contributed by atoms with Crippen molar-refractivity contribution in [3.63, 3.8) is 0 Å². The van der Waals surface area contributed by atoms with Crippen molar-refractivity contribution < 1.29 is 9.15 Å². The number of ether oxygens (including phenoxy) is 1. The third-order valence-electron chi connectivity index (χ3n) is 3.64. The van der Waals surface area contributed by atoms with E-state index in [0.717, 1.165) is 16.8 Å². The van der Waals surface area contributed by atoms with Crippen LogP contribution < -0.4 is 15.7 Å².